The van der Waals surface area contributed by atoms with Crippen LogP contribution in [-0.4, -0.2) is 27.8 Å². The molecule has 1 amide bonds. The number of nitrogens with one attached hydrogen (secondary N) is 1. The minimum absolute atomic E-state index is 0.0141. The molecule has 0 aliphatic heterocycles. The number of aryl methyl sites for hydroxylation is 1. The van der Waals surface area contributed by atoms with Crippen LogP contribution in [0.1, 0.15) is 24.5 Å². The van der Waals surface area contributed by atoms with Crippen LogP contribution < -0.4 is 21.9 Å². The maximum atomic E-state index is 13.0. The molecule has 3 rings (SSSR count). The number of rotatable bonds is 8. The average molecular weight is 439 g/mol. The van der Waals surface area contributed by atoms with Gasteiger partial charge in [-0.15, -0.1) is 11.8 Å². The summed E-state index contributed by atoms with van der Waals surface area (Å²) >= 11 is 1.39. The summed E-state index contributed by atoms with van der Waals surface area (Å²) in [7, 11) is 0. The first kappa shape index (κ1) is 22.4. The molecule has 0 saturated heterocycles. The Morgan fingerprint density at radius 2 is 1.77 bits per heavy atom. The summed E-state index contributed by atoms with van der Waals surface area (Å²) in [5, 5.41) is 0. The molecule has 1 aromatic heterocycles. The Kier molecular flexibility index (Phi) is 7.36. The highest BCUT2D eigenvalue weighted by atomic mass is 32.2. The number of benzene rings is 2. The van der Waals surface area contributed by atoms with Crippen LogP contribution in [0.4, 0.5) is 11.5 Å². The van der Waals surface area contributed by atoms with Crippen LogP contribution >= 0.6 is 11.8 Å². The van der Waals surface area contributed by atoms with Crippen molar-refractivity contribution in [2.75, 3.05) is 22.9 Å². The highest BCUT2D eigenvalue weighted by molar-refractivity contribution is 8.00. The van der Waals surface area contributed by atoms with Crippen LogP contribution in [0.5, 0.6) is 0 Å². The number of hydrogen-bond acceptors (Lipinski definition) is 5. The van der Waals surface area contributed by atoms with E-state index in [4.69, 9.17) is 5.73 Å². The van der Waals surface area contributed by atoms with E-state index in [1.54, 1.807) is 0 Å². The predicted molar refractivity (Wildman–Crippen MR) is 126 cm³/mol. The van der Waals surface area contributed by atoms with Crippen molar-refractivity contribution in [3.05, 3.63) is 86.6 Å². The van der Waals surface area contributed by atoms with Crippen LogP contribution in [-0.2, 0) is 11.3 Å². The van der Waals surface area contributed by atoms with Crippen LogP contribution in [0.2, 0.25) is 0 Å². The number of nitrogen functional groups attached to an aromatic ring is 1. The quantitative estimate of drug-likeness (QED) is 0.527. The molecule has 0 saturated carbocycles. The molecule has 0 aliphatic rings. The summed E-state index contributed by atoms with van der Waals surface area (Å²) in [5.41, 5.74) is 7.03. The number of H-pyrrole nitrogens is 1. The van der Waals surface area contributed by atoms with Gasteiger partial charge in [0.15, 0.2) is 5.69 Å². The first-order valence-electron chi connectivity index (χ1n) is 10.1. The van der Waals surface area contributed by atoms with E-state index >= 15 is 0 Å². The van der Waals surface area contributed by atoms with E-state index in [1.165, 1.54) is 21.2 Å². The molecule has 3 aromatic rings. The number of aromatic nitrogens is 2. The van der Waals surface area contributed by atoms with Gasteiger partial charge in [-0.1, -0.05) is 55.0 Å². The standard InChI is InChI=1S/C23H26N4O3S/c1-3-13-26(19(28)15-31-18-11-9-16(2)10-12-18)20-21(24)27(23(30)25-22(20)29)14-17-7-5-4-6-8-17/h4-12H,3,13-15,24H2,1-2H3,(H,25,29,30). The van der Waals surface area contributed by atoms with Gasteiger partial charge >= 0.3 is 5.69 Å². The van der Waals surface area contributed by atoms with Crippen molar-refractivity contribution in [1.82, 2.24) is 9.55 Å². The fourth-order valence-corrected chi connectivity index (χ4v) is 3.98. The van der Waals surface area contributed by atoms with Crippen molar-refractivity contribution in [2.45, 2.75) is 31.7 Å². The molecule has 0 atom stereocenters. The first-order chi connectivity index (χ1) is 14.9. The van der Waals surface area contributed by atoms with Gasteiger partial charge in [-0.2, -0.15) is 0 Å². The number of amides is 1. The summed E-state index contributed by atoms with van der Waals surface area (Å²) in [6, 6.07) is 17.2. The monoisotopic (exact) mass is 438 g/mol. The van der Waals surface area contributed by atoms with E-state index in [-0.39, 0.29) is 29.7 Å². The molecule has 162 valence electrons. The Morgan fingerprint density at radius 1 is 1.10 bits per heavy atom. The molecule has 8 heteroatoms. The normalized spacial score (nSPS) is 10.8. The number of anilines is 2. The van der Waals surface area contributed by atoms with E-state index < -0.39 is 11.2 Å². The molecule has 0 unspecified atom stereocenters. The third-order valence-corrected chi connectivity index (χ3v) is 5.80. The Labute approximate surface area is 184 Å². The summed E-state index contributed by atoms with van der Waals surface area (Å²) in [5.74, 6) is -0.103. The molecule has 3 N–H and O–H groups in total. The summed E-state index contributed by atoms with van der Waals surface area (Å²) in [6.07, 6.45) is 0.637. The Morgan fingerprint density at radius 3 is 2.42 bits per heavy atom. The van der Waals surface area contributed by atoms with Crippen molar-refractivity contribution in [2.24, 2.45) is 0 Å². The van der Waals surface area contributed by atoms with Gasteiger partial charge in [0.2, 0.25) is 5.91 Å². The summed E-state index contributed by atoms with van der Waals surface area (Å²) in [6.45, 7) is 4.44. The lowest BCUT2D eigenvalue weighted by Gasteiger charge is -2.24. The molecular weight excluding hydrogens is 412 g/mol. The molecule has 31 heavy (non-hydrogen) atoms. The van der Waals surface area contributed by atoms with Crippen molar-refractivity contribution < 1.29 is 4.79 Å². The van der Waals surface area contributed by atoms with Gasteiger partial charge in [-0.05, 0) is 31.0 Å². The Hall–Kier alpha value is -3.26. The van der Waals surface area contributed by atoms with Crippen molar-refractivity contribution >= 4 is 29.2 Å². The number of nitrogens with two attached hydrogens (primary N) is 1. The van der Waals surface area contributed by atoms with E-state index in [0.29, 0.717) is 13.0 Å². The van der Waals surface area contributed by atoms with Crippen molar-refractivity contribution in [3.8, 4) is 0 Å². The lowest BCUT2D eigenvalue weighted by Crippen LogP contribution is -2.42. The van der Waals surface area contributed by atoms with Crippen LogP contribution in [0, 0.1) is 6.92 Å². The fourth-order valence-electron chi connectivity index (χ4n) is 3.20. The highest BCUT2D eigenvalue weighted by Gasteiger charge is 2.23. The van der Waals surface area contributed by atoms with Gasteiger partial charge in [-0.25, -0.2) is 4.79 Å². The molecule has 0 radical (unpaired) electrons. The third kappa shape index (κ3) is 5.46. The second-order valence-electron chi connectivity index (χ2n) is 7.21. The van der Waals surface area contributed by atoms with Gasteiger partial charge in [0.1, 0.15) is 5.82 Å². The van der Waals surface area contributed by atoms with E-state index in [2.05, 4.69) is 4.98 Å². The van der Waals surface area contributed by atoms with Gasteiger partial charge in [-0.3, -0.25) is 19.1 Å². The molecule has 7 nitrogen and oxygen atoms in total. The zero-order chi connectivity index (χ0) is 22.4. The van der Waals surface area contributed by atoms with E-state index in [0.717, 1.165) is 16.0 Å². The topological polar surface area (TPSA) is 101 Å². The zero-order valence-electron chi connectivity index (χ0n) is 17.6. The highest BCUT2D eigenvalue weighted by Crippen LogP contribution is 2.22. The van der Waals surface area contributed by atoms with Crippen LogP contribution in [0.3, 0.4) is 0 Å². The van der Waals surface area contributed by atoms with Gasteiger partial charge in [0.05, 0.1) is 12.3 Å². The van der Waals surface area contributed by atoms with Crippen LogP contribution in [0.15, 0.2) is 69.1 Å². The SMILES string of the molecule is CCCN(C(=O)CSc1ccc(C)cc1)c1c(N)n(Cc2ccccc2)c(=O)[nH]c1=O. The third-order valence-electron chi connectivity index (χ3n) is 4.80. The number of aromatic amines is 1. The zero-order valence-corrected chi connectivity index (χ0v) is 18.4. The largest absolute Gasteiger partial charge is 0.383 e. The Balaban J connectivity index is 1.91. The molecule has 1 heterocycles. The van der Waals surface area contributed by atoms with Gasteiger partial charge in [0.25, 0.3) is 5.56 Å². The lowest BCUT2D eigenvalue weighted by molar-refractivity contribution is -0.116. The Bertz CT molecular complexity index is 1150. The molecule has 0 bridgehead atoms. The predicted octanol–water partition coefficient (Wildman–Crippen LogP) is 3.01. The van der Waals surface area contributed by atoms with Crippen molar-refractivity contribution in [3.63, 3.8) is 0 Å². The number of hydrogen-bond donors (Lipinski definition) is 2. The number of thioether (sulfide) groups is 1. The summed E-state index contributed by atoms with van der Waals surface area (Å²) in [4.78, 5) is 42.8. The second kappa shape index (κ2) is 10.2. The molecular formula is C23H26N4O3S. The molecule has 0 aliphatic carbocycles. The summed E-state index contributed by atoms with van der Waals surface area (Å²) < 4.78 is 1.29. The molecule has 0 spiro atoms. The number of nitrogens with zero attached hydrogens (tertiary/aromatic N) is 2. The average Bonchev–Trinajstić information content (AvgIpc) is 2.76. The first-order valence-corrected chi connectivity index (χ1v) is 11.1. The number of carbonyl (C=O) groups is 1. The van der Waals surface area contributed by atoms with Gasteiger partial charge < -0.3 is 10.6 Å². The van der Waals surface area contributed by atoms with Gasteiger partial charge in [0, 0.05) is 11.4 Å². The van der Waals surface area contributed by atoms with E-state index in [9.17, 15) is 14.4 Å². The molecule has 0 fully saturated rings. The maximum Gasteiger partial charge on any atom is 0.330 e. The second-order valence-corrected chi connectivity index (χ2v) is 8.26. The molecule has 2 aromatic carbocycles. The maximum absolute atomic E-state index is 13.0. The minimum atomic E-state index is -0.658. The van der Waals surface area contributed by atoms with E-state index in [1.807, 2.05) is 68.4 Å². The lowest BCUT2D eigenvalue weighted by atomic mass is 10.2. The number of carbonyl (C=O) groups excluding carboxylic acids is 1. The minimum Gasteiger partial charge on any atom is -0.383 e. The smallest absolute Gasteiger partial charge is 0.330 e. The fraction of sp³-hybridized carbons (Fsp3) is 0.261. The van der Waals surface area contributed by atoms with Crippen molar-refractivity contribution in [1.29, 1.82) is 0 Å². The van der Waals surface area contributed by atoms with Crippen LogP contribution in [0.25, 0.3) is 0 Å².